The Morgan fingerprint density at radius 1 is 1.04 bits per heavy atom. The van der Waals surface area contributed by atoms with E-state index in [1.165, 1.54) is 38.5 Å². The molecule has 2 aromatic rings. The summed E-state index contributed by atoms with van der Waals surface area (Å²) in [6.07, 6.45) is 0. The molecule has 0 heterocycles. The zero-order valence-corrected chi connectivity index (χ0v) is 13.1. The lowest BCUT2D eigenvalue weighted by molar-refractivity contribution is -0.384. The first-order valence-electron chi connectivity index (χ1n) is 6.92. The fraction of sp³-hybridized carbons (Fsp3) is 0.188. The van der Waals surface area contributed by atoms with Crippen molar-refractivity contribution in [3.63, 3.8) is 0 Å². The van der Waals surface area contributed by atoms with E-state index in [9.17, 15) is 14.9 Å². The zero-order valence-electron chi connectivity index (χ0n) is 13.1. The van der Waals surface area contributed by atoms with E-state index in [1.54, 1.807) is 18.2 Å². The third-order valence-corrected chi connectivity index (χ3v) is 3.05. The van der Waals surface area contributed by atoms with Gasteiger partial charge >= 0.3 is 0 Å². The van der Waals surface area contributed by atoms with Gasteiger partial charge in [-0.25, -0.2) is 0 Å². The lowest BCUT2D eigenvalue weighted by Crippen LogP contribution is -2.20. The summed E-state index contributed by atoms with van der Waals surface area (Å²) in [4.78, 5) is 22.0. The highest BCUT2D eigenvalue weighted by atomic mass is 16.6. The van der Waals surface area contributed by atoms with Crippen molar-refractivity contribution in [3.05, 3.63) is 52.6 Å². The number of carbonyl (C=O) groups is 1. The molecule has 0 atom stereocenters. The predicted octanol–water partition coefficient (Wildman–Crippen LogP) is 2.63. The van der Waals surface area contributed by atoms with Crippen molar-refractivity contribution < 1.29 is 23.9 Å². The van der Waals surface area contributed by atoms with Crippen LogP contribution in [-0.2, 0) is 4.79 Å². The van der Waals surface area contributed by atoms with Gasteiger partial charge in [-0.2, -0.15) is 0 Å². The van der Waals surface area contributed by atoms with Gasteiger partial charge in [0.05, 0.1) is 19.1 Å². The van der Waals surface area contributed by atoms with E-state index in [4.69, 9.17) is 14.2 Å². The number of nitro groups is 1. The standard InChI is InChI=1S/C16H16N2O6/c1-22-14-7-11(8-15(9-14)23-2)17-16(19)10-24-13-5-3-12(4-6-13)18(20)21/h3-9H,10H2,1-2H3,(H,17,19). The van der Waals surface area contributed by atoms with E-state index >= 15 is 0 Å². The maximum atomic E-state index is 11.9. The first-order chi connectivity index (χ1) is 11.5. The van der Waals surface area contributed by atoms with E-state index in [0.717, 1.165) is 0 Å². The number of hydrogen-bond acceptors (Lipinski definition) is 6. The number of non-ortho nitro benzene ring substituents is 1. The molecule has 0 fully saturated rings. The van der Waals surface area contributed by atoms with Crippen LogP contribution >= 0.6 is 0 Å². The molecular formula is C16H16N2O6. The van der Waals surface area contributed by atoms with Gasteiger partial charge in [0.2, 0.25) is 0 Å². The molecule has 0 saturated carbocycles. The molecule has 2 rings (SSSR count). The number of ether oxygens (including phenoxy) is 3. The summed E-state index contributed by atoms with van der Waals surface area (Å²) < 4.78 is 15.5. The first kappa shape index (κ1) is 17.1. The van der Waals surface area contributed by atoms with Crippen LogP contribution in [0, 0.1) is 10.1 Å². The van der Waals surface area contributed by atoms with Crippen molar-refractivity contribution in [2.45, 2.75) is 0 Å². The van der Waals surface area contributed by atoms with Gasteiger partial charge < -0.3 is 19.5 Å². The Labute approximate surface area is 138 Å². The van der Waals surface area contributed by atoms with Gasteiger partial charge in [0, 0.05) is 36.0 Å². The van der Waals surface area contributed by atoms with Crippen LogP contribution in [0.15, 0.2) is 42.5 Å². The smallest absolute Gasteiger partial charge is 0.269 e. The average molecular weight is 332 g/mol. The van der Waals surface area contributed by atoms with Crippen molar-refractivity contribution in [1.82, 2.24) is 0 Å². The maximum absolute atomic E-state index is 11.9. The van der Waals surface area contributed by atoms with Gasteiger partial charge in [-0.1, -0.05) is 0 Å². The van der Waals surface area contributed by atoms with Crippen molar-refractivity contribution in [3.8, 4) is 17.2 Å². The molecule has 2 aromatic carbocycles. The fourth-order valence-electron chi connectivity index (χ4n) is 1.89. The molecule has 0 saturated heterocycles. The van der Waals surface area contributed by atoms with Crippen LogP contribution in [0.4, 0.5) is 11.4 Å². The molecule has 0 radical (unpaired) electrons. The van der Waals surface area contributed by atoms with Crippen molar-refractivity contribution in [1.29, 1.82) is 0 Å². The molecule has 1 amide bonds. The van der Waals surface area contributed by atoms with Gasteiger partial charge in [-0.3, -0.25) is 14.9 Å². The fourth-order valence-corrected chi connectivity index (χ4v) is 1.89. The van der Waals surface area contributed by atoms with Gasteiger partial charge in [0.25, 0.3) is 11.6 Å². The Hall–Kier alpha value is -3.29. The van der Waals surface area contributed by atoms with Crippen LogP contribution in [0.2, 0.25) is 0 Å². The lowest BCUT2D eigenvalue weighted by Gasteiger charge is -2.10. The van der Waals surface area contributed by atoms with E-state index < -0.39 is 4.92 Å². The largest absolute Gasteiger partial charge is 0.497 e. The van der Waals surface area contributed by atoms with Crippen LogP contribution in [0.3, 0.4) is 0 Å². The minimum absolute atomic E-state index is 0.0460. The van der Waals surface area contributed by atoms with Crippen LogP contribution < -0.4 is 19.5 Å². The van der Waals surface area contributed by atoms with Gasteiger partial charge in [0.1, 0.15) is 17.2 Å². The molecule has 24 heavy (non-hydrogen) atoms. The second-order valence-electron chi connectivity index (χ2n) is 4.69. The molecule has 0 aliphatic rings. The summed E-state index contributed by atoms with van der Waals surface area (Å²) in [5, 5.41) is 13.2. The quantitative estimate of drug-likeness (QED) is 0.618. The molecule has 1 N–H and O–H groups in total. The van der Waals surface area contributed by atoms with Crippen LogP contribution in [-0.4, -0.2) is 31.7 Å². The lowest BCUT2D eigenvalue weighted by atomic mass is 10.2. The molecule has 0 aliphatic carbocycles. The molecule has 0 bridgehead atoms. The molecule has 8 heteroatoms. The van der Waals surface area contributed by atoms with E-state index in [0.29, 0.717) is 22.9 Å². The summed E-state index contributed by atoms with van der Waals surface area (Å²) in [6.45, 7) is -0.239. The Balaban J connectivity index is 1.94. The number of hydrogen-bond donors (Lipinski definition) is 1. The molecule has 8 nitrogen and oxygen atoms in total. The molecule has 0 aliphatic heterocycles. The molecule has 0 unspecified atom stereocenters. The number of amides is 1. The summed E-state index contributed by atoms with van der Waals surface area (Å²) in [7, 11) is 3.02. The Bertz CT molecular complexity index is 708. The van der Waals surface area contributed by atoms with Crippen molar-refractivity contribution >= 4 is 17.3 Å². The number of nitrogens with one attached hydrogen (secondary N) is 1. The summed E-state index contributed by atoms with van der Waals surface area (Å²) in [5.74, 6) is 1.06. The van der Waals surface area contributed by atoms with Crippen LogP contribution in [0.1, 0.15) is 0 Å². The molecule has 0 spiro atoms. The summed E-state index contributed by atoms with van der Waals surface area (Å²) in [6, 6.07) is 10.4. The number of nitrogens with zero attached hydrogens (tertiary/aromatic N) is 1. The predicted molar refractivity (Wildman–Crippen MR) is 86.8 cm³/mol. The van der Waals surface area contributed by atoms with E-state index in [-0.39, 0.29) is 18.2 Å². The highest BCUT2D eigenvalue weighted by molar-refractivity contribution is 5.92. The monoisotopic (exact) mass is 332 g/mol. The van der Waals surface area contributed by atoms with Gasteiger partial charge in [0.15, 0.2) is 6.61 Å². The number of methoxy groups -OCH3 is 2. The summed E-state index contributed by atoms with van der Waals surface area (Å²) in [5.41, 5.74) is 0.457. The van der Waals surface area contributed by atoms with Crippen molar-refractivity contribution in [2.24, 2.45) is 0 Å². The highest BCUT2D eigenvalue weighted by Crippen LogP contribution is 2.25. The SMILES string of the molecule is COc1cc(NC(=O)COc2ccc([N+](=O)[O-])cc2)cc(OC)c1. The number of rotatable bonds is 7. The van der Waals surface area contributed by atoms with E-state index in [2.05, 4.69) is 5.32 Å². The Kier molecular flexibility index (Phi) is 5.56. The zero-order chi connectivity index (χ0) is 17.5. The van der Waals surface area contributed by atoms with Crippen LogP contribution in [0.25, 0.3) is 0 Å². The van der Waals surface area contributed by atoms with Gasteiger partial charge in [-0.15, -0.1) is 0 Å². The third kappa shape index (κ3) is 4.60. The normalized spacial score (nSPS) is 9.92. The number of carbonyl (C=O) groups excluding carboxylic acids is 1. The Morgan fingerprint density at radius 3 is 2.12 bits per heavy atom. The minimum Gasteiger partial charge on any atom is -0.497 e. The van der Waals surface area contributed by atoms with E-state index in [1.807, 2.05) is 0 Å². The van der Waals surface area contributed by atoms with Crippen molar-refractivity contribution in [2.75, 3.05) is 26.1 Å². The topological polar surface area (TPSA) is 99.9 Å². The molecular weight excluding hydrogens is 316 g/mol. The van der Waals surface area contributed by atoms with Gasteiger partial charge in [-0.05, 0) is 12.1 Å². The number of anilines is 1. The number of benzene rings is 2. The second kappa shape index (κ2) is 7.82. The summed E-state index contributed by atoms with van der Waals surface area (Å²) >= 11 is 0. The minimum atomic E-state index is -0.507. The molecule has 126 valence electrons. The Morgan fingerprint density at radius 2 is 1.62 bits per heavy atom. The molecule has 0 aromatic heterocycles. The first-order valence-corrected chi connectivity index (χ1v) is 6.92. The second-order valence-corrected chi connectivity index (χ2v) is 4.69. The third-order valence-electron chi connectivity index (χ3n) is 3.05. The number of nitro benzene ring substituents is 1. The average Bonchev–Trinajstić information content (AvgIpc) is 2.59. The maximum Gasteiger partial charge on any atom is 0.269 e. The van der Waals surface area contributed by atoms with Crippen LogP contribution in [0.5, 0.6) is 17.2 Å². The highest BCUT2D eigenvalue weighted by Gasteiger charge is 2.08.